The smallest absolute Gasteiger partial charge is 0.255 e. The van der Waals surface area contributed by atoms with Gasteiger partial charge in [0.15, 0.2) is 0 Å². The summed E-state index contributed by atoms with van der Waals surface area (Å²) in [7, 11) is 0. The molecule has 2 fully saturated rings. The predicted molar refractivity (Wildman–Crippen MR) is 103 cm³/mol. The van der Waals surface area contributed by atoms with Crippen LogP contribution in [0.1, 0.15) is 35.2 Å². The van der Waals surface area contributed by atoms with Crippen LogP contribution in [0.4, 0.5) is 5.69 Å². The van der Waals surface area contributed by atoms with Gasteiger partial charge in [0.2, 0.25) is 5.91 Å². The third-order valence-corrected chi connectivity index (χ3v) is 5.88. The molecule has 1 heterocycles. The molecule has 4 unspecified atom stereocenters. The fourth-order valence-corrected chi connectivity index (χ4v) is 4.50. The zero-order valence-electron chi connectivity index (χ0n) is 15.1. The second kappa shape index (κ2) is 7.48. The molecule has 1 aromatic carbocycles. The fourth-order valence-electron chi connectivity index (χ4n) is 4.50. The van der Waals surface area contributed by atoms with Crippen LogP contribution in [-0.2, 0) is 11.3 Å². The van der Waals surface area contributed by atoms with Gasteiger partial charge in [-0.05, 0) is 60.9 Å². The molecule has 0 radical (unpaired) electrons. The summed E-state index contributed by atoms with van der Waals surface area (Å²) in [4.78, 5) is 28.8. The first-order chi connectivity index (χ1) is 13.1. The second-order valence-electron chi connectivity index (χ2n) is 7.54. The minimum absolute atomic E-state index is 0.00488. The van der Waals surface area contributed by atoms with E-state index >= 15 is 0 Å². The molecule has 0 spiro atoms. The molecule has 2 saturated carbocycles. The Labute approximate surface area is 158 Å². The lowest BCUT2D eigenvalue weighted by Gasteiger charge is -2.27. The van der Waals surface area contributed by atoms with Crippen molar-refractivity contribution in [3.8, 4) is 0 Å². The summed E-state index contributed by atoms with van der Waals surface area (Å²) >= 11 is 0. The van der Waals surface area contributed by atoms with E-state index in [0.717, 1.165) is 24.8 Å². The molecule has 4 atom stereocenters. The Bertz CT molecular complexity index is 837. The summed E-state index contributed by atoms with van der Waals surface area (Å²) in [6.07, 6.45) is 6.54. The maximum atomic E-state index is 12.6. The highest BCUT2D eigenvalue weighted by Gasteiger charge is 2.48. The topological polar surface area (TPSA) is 97.1 Å². The van der Waals surface area contributed by atoms with Gasteiger partial charge in [0.1, 0.15) is 0 Å². The van der Waals surface area contributed by atoms with E-state index in [2.05, 4.69) is 15.6 Å². The largest absolute Gasteiger partial charge is 0.352 e. The second-order valence-corrected chi connectivity index (χ2v) is 7.54. The lowest BCUT2D eigenvalue weighted by Crippen LogP contribution is -2.45. The summed E-state index contributed by atoms with van der Waals surface area (Å²) < 4.78 is 0. The van der Waals surface area contributed by atoms with E-state index in [0.29, 0.717) is 29.6 Å². The van der Waals surface area contributed by atoms with Crippen molar-refractivity contribution < 1.29 is 9.59 Å². The molecule has 2 amide bonds. The number of hydrogen-bond acceptors (Lipinski definition) is 4. The van der Waals surface area contributed by atoms with Crippen molar-refractivity contribution in [2.45, 2.75) is 31.8 Å². The van der Waals surface area contributed by atoms with E-state index < -0.39 is 0 Å². The molecule has 2 aliphatic rings. The summed E-state index contributed by atoms with van der Waals surface area (Å²) in [6, 6.07) is 10.8. The number of anilines is 1. The summed E-state index contributed by atoms with van der Waals surface area (Å²) in [5, 5.41) is 5.90. The quantitative estimate of drug-likeness (QED) is 0.758. The van der Waals surface area contributed by atoms with Gasteiger partial charge in [-0.1, -0.05) is 12.1 Å². The number of hydrogen-bond donors (Lipinski definition) is 3. The monoisotopic (exact) mass is 364 g/mol. The van der Waals surface area contributed by atoms with Crippen LogP contribution in [0, 0.1) is 17.8 Å². The minimum atomic E-state index is -0.188. The summed E-state index contributed by atoms with van der Waals surface area (Å²) in [5.41, 5.74) is 8.44. The van der Waals surface area contributed by atoms with Gasteiger partial charge < -0.3 is 16.4 Å². The normalized spacial score (nSPS) is 26.0. The first-order valence-electron chi connectivity index (χ1n) is 9.45. The maximum absolute atomic E-state index is 12.6. The van der Waals surface area contributed by atoms with Gasteiger partial charge in [-0.15, -0.1) is 0 Å². The number of nitrogens with one attached hydrogen (secondary N) is 2. The molecule has 0 saturated heterocycles. The van der Waals surface area contributed by atoms with E-state index in [1.165, 1.54) is 0 Å². The van der Waals surface area contributed by atoms with Gasteiger partial charge >= 0.3 is 0 Å². The number of benzene rings is 1. The molecular weight excluding hydrogens is 340 g/mol. The third kappa shape index (κ3) is 3.71. The van der Waals surface area contributed by atoms with Crippen molar-refractivity contribution in [3.05, 3.63) is 59.9 Å². The number of amides is 2. The highest BCUT2D eigenvalue weighted by atomic mass is 16.2. The van der Waals surface area contributed by atoms with Crippen molar-refractivity contribution in [1.29, 1.82) is 0 Å². The van der Waals surface area contributed by atoms with Crippen LogP contribution in [0.25, 0.3) is 0 Å². The molecule has 4 rings (SSSR count). The van der Waals surface area contributed by atoms with Crippen molar-refractivity contribution in [2.75, 3.05) is 5.32 Å². The minimum Gasteiger partial charge on any atom is -0.352 e. The van der Waals surface area contributed by atoms with Gasteiger partial charge in [0.05, 0.1) is 5.92 Å². The van der Waals surface area contributed by atoms with Gasteiger partial charge in [-0.2, -0.15) is 0 Å². The van der Waals surface area contributed by atoms with Crippen molar-refractivity contribution in [2.24, 2.45) is 23.5 Å². The zero-order chi connectivity index (χ0) is 18.8. The number of rotatable bonds is 5. The SMILES string of the molecule is NC1C2CCC(C2)C1C(=O)NCc1cccc(NC(=O)c2ccncc2)c1. The average molecular weight is 364 g/mol. The number of carbonyl (C=O) groups is 2. The first kappa shape index (κ1) is 17.7. The fraction of sp³-hybridized carbons (Fsp3) is 0.381. The molecule has 140 valence electrons. The Balaban J connectivity index is 1.35. The number of carbonyl (C=O) groups excluding carboxylic acids is 2. The molecule has 6 nitrogen and oxygen atoms in total. The van der Waals surface area contributed by atoms with Gasteiger partial charge in [0.25, 0.3) is 5.91 Å². The van der Waals surface area contributed by atoms with Gasteiger partial charge in [-0.3, -0.25) is 14.6 Å². The Hall–Kier alpha value is -2.73. The van der Waals surface area contributed by atoms with Crippen LogP contribution >= 0.6 is 0 Å². The van der Waals surface area contributed by atoms with Crippen LogP contribution in [0.15, 0.2) is 48.8 Å². The molecule has 27 heavy (non-hydrogen) atoms. The highest BCUT2D eigenvalue weighted by Crippen LogP contribution is 2.47. The number of aromatic nitrogens is 1. The van der Waals surface area contributed by atoms with Crippen LogP contribution < -0.4 is 16.4 Å². The van der Waals surface area contributed by atoms with Crippen LogP contribution in [0.3, 0.4) is 0 Å². The van der Waals surface area contributed by atoms with Crippen molar-refractivity contribution >= 4 is 17.5 Å². The van der Waals surface area contributed by atoms with Gasteiger partial charge in [-0.25, -0.2) is 0 Å². The molecule has 0 aliphatic heterocycles. The molecular formula is C21H24N4O2. The summed E-state index contributed by atoms with van der Waals surface area (Å²) in [5.74, 6) is 0.763. The highest BCUT2D eigenvalue weighted by molar-refractivity contribution is 6.04. The lowest BCUT2D eigenvalue weighted by atomic mass is 9.84. The standard InChI is InChI=1S/C21H24N4O2/c22-19-16-5-4-15(11-16)18(19)21(27)24-12-13-2-1-3-17(10-13)25-20(26)14-6-8-23-9-7-14/h1-3,6-10,15-16,18-19H,4-5,11-12,22H2,(H,24,27)(H,25,26). The maximum Gasteiger partial charge on any atom is 0.255 e. The molecule has 2 aromatic rings. The zero-order valence-corrected chi connectivity index (χ0v) is 15.1. The van der Waals surface area contributed by atoms with Gasteiger partial charge in [0, 0.05) is 36.2 Å². The molecule has 4 N–H and O–H groups in total. The number of fused-ring (bicyclic) bond motifs is 2. The van der Waals surface area contributed by atoms with E-state index in [9.17, 15) is 9.59 Å². The van der Waals surface area contributed by atoms with E-state index in [4.69, 9.17) is 5.73 Å². The first-order valence-corrected chi connectivity index (χ1v) is 9.45. The Morgan fingerprint density at radius 1 is 1.11 bits per heavy atom. The van der Waals surface area contributed by atoms with E-state index in [-0.39, 0.29) is 23.8 Å². The predicted octanol–water partition coefficient (Wildman–Crippen LogP) is 2.32. The number of pyridine rings is 1. The summed E-state index contributed by atoms with van der Waals surface area (Å²) in [6.45, 7) is 0.429. The van der Waals surface area contributed by atoms with Crippen molar-refractivity contribution in [3.63, 3.8) is 0 Å². The third-order valence-electron chi connectivity index (χ3n) is 5.88. The Morgan fingerprint density at radius 2 is 1.89 bits per heavy atom. The Morgan fingerprint density at radius 3 is 2.63 bits per heavy atom. The Kier molecular flexibility index (Phi) is 4.90. The van der Waals surface area contributed by atoms with Crippen molar-refractivity contribution in [1.82, 2.24) is 10.3 Å². The van der Waals surface area contributed by atoms with Crippen LogP contribution in [-0.4, -0.2) is 22.8 Å². The molecule has 1 aromatic heterocycles. The molecule has 2 bridgehead atoms. The van der Waals surface area contributed by atoms with Crippen LogP contribution in [0.5, 0.6) is 0 Å². The van der Waals surface area contributed by atoms with Crippen LogP contribution in [0.2, 0.25) is 0 Å². The molecule has 2 aliphatic carbocycles. The molecule has 6 heteroatoms. The van der Waals surface area contributed by atoms with E-state index in [1.807, 2.05) is 24.3 Å². The average Bonchev–Trinajstić information content (AvgIpc) is 3.28. The number of nitrogens with zero attached hydrogens (tertiary/aromatic N) is 1. The number of nitrogens with two attached hydrogens (primary N) is 1. The lowest BCUT2D eigenvalue weighted by molar-refractivity contribution is -0.127. The van der Waals surface area contributed by atoms with E-state index in [1.54, 1.807) is 24.5 Å².